The van der Waals surface area contributed by atoms with E-state index in [0.29, 0.717) is 85.0 Å². The zero-order valence-corrected chi connectivity index (χ0v) is 18.5. The van der Waals surface area contributed by atoms with Crippen LogP contribution in [0.25, 0.3) is 0 Å². The van der Waals surface area contributed by atoms with E-state index in [-0.39, 0.29) is 0 Å². The first kappa shape index (κ1) is 27.6. The highest BCUT2D eigenvalue weighted by molar-refractivity contribution is 5.67. The average molecular weight is 422 g/mol. The summed E-state index contributed by atoms with van der Waals surface area (Å²) in [5.74, 6) is 0.686. The Kier molecular flexibility index (Phi) is 17.7. The number of carbonyl (C=O) groups excluding carboxylic acids is 1. The fourth-order valence-electron chi connectivity index (χ4n) is 1.80. The van der Waals surface area contributed by atoms with Crippen LogP contribution in [0.1, 0.15) is 27.7 Å². The molecule has 0 unspecified atom stereocenters. The topological polar surface area (TPSA) is 93.7 Å². The number of ether oxygens (including phenoxy) is 7. The molecule has 9 nitrogen and oxygen atoms in total. The molecular formula is C20H39NO8. The van der Waals surface area contributed by atoms with E-state index in [4.69, 9.17) is 33.2 Å². The molecule has 0 atom stereocenters. The molecule has 0 aliphatic rings. The summed E-state index contributed by atoms with van der Waals surface area (Å²) < 4.78 is 37.1. The Labute approximate surface area is 174 Å². The molecular weight excluding hydrogens is 382 g/mol. The van der Waals surface area contributed by atoms with Crippen molar-refractivity contribution < 1.29 is 38.0 Å². The number of hydrogen-bond acceptors (Lipinski definition) is 8. The van der Waals surface area contributed by atoms with Gasteiger partial charge in [-0.2, -0.15) is 0 Å². The fraction of sp³-hybridized carbons (Fsp3) is 0.850. The third kappa shape index (κ3) is 24.6. The van der Waals surface area contributed by atoms with Crippen molar-refractivity contribution in [3.05, 3.63) is 12.3 Å². The monoisotopic (exact) mass is 421 g/mol. The van der Waals surface area contributed by atoms with Crippen molar-refractivity contribution in [1.29, 1.82) is 0 Å². The summed E-state index contributed by atoms with van der Waals surface area (Å²) in [6.45, 7) is 16.7. The largest absolute Gasteiger partial charge is 0.496 e. The van der Waals surface area contributed by atoms with Crippen LogP contribution in [0.2, 0.25) is 0 Å². The number of hydrogen-bond donors (Lipinski definition) is 1. The summed E-state index contributed by atoms with van der Waals surface area (Å²) in [4.78, 5) is 11.4. The maximum absolute atomic E-state index is 11.4. The van der Waals surface area contributed by atoms with Crippen LogP contribution < -0.4 is 5.32 Å². The Morgan fingerprint density at radius 1 is 0.724 bits per heavy atom. The predicted molar refractivity (Wildman–Crippen MR) is 109 cm³/mol. The zero-order valence-electron chi connectivity index (χ0n) is 18.5. The molecule has 9 heteroatoms. The van der Waals surface area contributed by atoms with E-state index in [1.54, 1.807) is 6.92 Å². The summed E-state index contributed by atoms with van der Waals surface area (Å²) in [6.07, 6.45) is -0.445. The molecule has 0 saturated heterocycles. The minimum absolute atomic E-state index is 0.394. The molecule has 29 heavy (non-hydrogen) atoms. The van der Waals surface area contributed by atoms with Gasteiger partial charge in [-0.05, 0) is 27.7 Å². The van der Waals surface area contributed by atoms with E-state index in [9.17, 15) is 4.79 Å². The summed E-state index contributed by atoms with van der Waals surface area (Å²) in [5, 5.41) is 2.62. The van der Waals surface area contributed by atoms with Crippen LogP contribution in [0.4, 0.5) is 4.79 Å². The number of carbonyl (C=O) groups is 1. The van der Waals surface area contributed by atoms with Gasteiger partial charge in [0.1, 0.15) is 12.2 Å². The van der Waals surface area contributed by atoms with Gasteiger partial charge in [-0.3, -0.25) is 0 Å². The number of allylic oxidation sites excluding steroid dienone is 1. The Bertz CT molecular complexity index is 412. The highest BCUT2D eigenvalue weighted by atomic mass is 16.6. The zero-order chi connectivity index (χ0) is 21.8. The molecule has 0 spiro atoms. The van der Waals surface area contributed by atoms with Crippen LogP contribution >= 0.6 is 0 Å². The van der Waals surface area contributed by atoms with Crippen LogP contribution in [0.3, 0.4) is 0 Å². The second-order valence-electron chi connectivity index (χ2n) is 7.04. The van der Waals surface area contributed by atoms with Crippen molar-refractivity contribution in [3.63, 3.8) is 0 Å². The van der Waals surface area contributed by atoms with Crippen LogP contribution in [0.15, 0.2) is 12.3 Å². The molecule has 1 amide bonds. The molecule has 0 aliphatic carbocycles. The molecule has 0 radical (unpaired) electrons. The maximum atomic E-state index is 11.4. The highest BCUT2D eigenvalue weighted by Crippen LogP contribution is 2.06. The number of amides is 1. The van der Waals surface area contributed by atoms with Crippen molar-refractivity contribution in [2.45, 2.75) is 33.3 Å². The van der Waals surface area contributed by atoms with Crippen molar-refractivity contribution in [1.82, 2.24) is 5.32 Å². The molecule has 0 aromatic carbocycles. The van der Waals surface area contributed by atoms with Crippen molar-refractivity contribution in [3.8, 4) is 0 Å². The van der Waals surface area contributed by atoms with E-state index >= 15 is 0 Å². The van der Waals surface area contributed by atoms with Gasteiger partial charge >= 0.3 is 6.09 Å². The first-order valence-electron chi connectivity index (χ1n) is 9.95. The van der Waals surface area contributed by atoms with Gasteiger partial charge < -0.3 is 38.5 Å². The normalized spacial score (nSPS) is 11.3. The summed E-state index contributed by atoms with van der Waals surface area (Å²) in [5.41, 5.74) is -0.498. The lowest BCUT2D eigenvalue weighted by Gasteiger charge is -2.19. The number of alkyl carbamates (subject to hydrolysis) is 1. The second kappa shape index (κ2) is 18.6. The molecule has 0 fully saturated rings. The smallest absolute Gasteiger partial charge is 0.407 e. The second-order valence-corrected chi connectivity index (χ2v) is 7.04. The number of nitrogens with one attached hydrogen (secondary N) is 1. The minimum Gasteiger partial charge on any atom is -0.496 e. The van der Waals surface area contributed by atoms with Gasteiger partial charge in [-0.15, -0.1) is 0 Å². The molecule has 0 saturated carbocycles. The van der Waals surface area contributed by atoms with Gasteiger partial charge in [-0.25, -0.2) is 4.79 Å². The molecule has 0 heterocycles. The SMILES string of the molecule is C=C(C)OCCOCCOCCOCCOCCOCCNC(=O)OC(C)(C)C. The first-order chi connectivity index (χ1) is 13.8. The van der Waals surface area contributed by atoms with Gasteiger partial charge in [0, 0.05) is 6.54 Å². The molecule has 1 N–H and O–H groups in total. The fourth-order valence-corrected chi connectivity index (χ4v) is 1.80. The molecule has 0 bridgehead atoms. The summed E-state index contributed by atoms with van der Waals surface area (Å²) in [7, 11) is 0. The Morgan fingerprint density at radius 3 is 1.48 bits per heavy atom. The van der Waals surface area contributed by atoms with Crippen LogP contribution in [-0.4, -0.2) is 90.9 Å². The van der Waals surface area contributed by atoms with Gasteiger partial charge in [0.25, 0.3) is 0 Å². The van der Waals surface area contributed by atoms with E-state index in [2.05, 4.69) is 11.9 Å². The van der Waals surface area contributed by atoms with Crippen molar-refractivity contribution in [2.24, 2.45) is 0 Å². The molecule has 0 aromatic rings. The van der Waals surface area contributed by atoms with E-state index in [1.165, 1.54) is 0 Å². The standard InChI is InChI=1S/C20H39NO8/c1-18(2)28-17-16-27-15-14-26-13-12-25-11-10-24-9-8-23-7-6-21-19(22)29-20(3,4)5/h1,6-17H2,2-5H3,(H,21,22). The predicted octanol–water partition coefficient (Wildman–Crippen LogP) is 2.14. The lowest BCUT2D eigenvalue weighted by Crippen LogP contribution is -2.34. The Hall–Kier alpha value is -1.39. The van der Waals surface area contributed by atoms with Crippen LogP contribution in [0.5, 0.6) is 0 Å². The van der Waals surface area contributed by atoms with E-state index < -0.39 is 11.7 Å². The van der Waals surface area contributed by atoms with Crippen LogP contribution in [-0.2, 0) is 33.2 Å². The summed E-state index contributed by atoms with van der Waals surface area (Å²) >= 11 is 0. The van der Waals surface area contributed by atoms with Crippen molar-refractivity contribution >= 4 is 6.09 Å². The first-order valence-corrected chi connectivity index (χ1v) is 9.95. The quantitative estimate of drug-likeness (QED) is 0.250. The Balaban J connectivity index is 3.14. The molecule has 0 rings (SSSR count). The lowest BCUT2D eigenvalue weighted by atomic mass is 10.2. The van der Waals surface area contributed by atoms with Gasteiger partial charge in [0.05, 0.1) is 71.8 Å². The van der Waals surface area contributed by atoms with Gasteiger partial charge in [0.2, 0.25) is 0 Å². The third-order valence-electron chi connectivity index (χ3n) is 2.98. The maximum Gasteiger partial charge on any atom is 0.407 e. The molecule has 0 aromatic heterocycles. The van der Waals surface area contributed by atoms with E-state index in [1.807, 2.05) is 20.8 Å². The van der Waals surface area contributed by atoms with Gasteiger partial charge in [-0.1, -0.05) is 6.58 Å². The Morgan fingerprint density at radius 2 is 1.10 bits per heavy atom. The number of rotatable bonds is 19. The van der Waals surface area contributed by atoms with E-state index in [0.717, 1.165) is 0 Å². The average Bonchev–Trinajstić information content (AvgIpc) is 2.62. The molecule has 0 aliphatic heterocycles. The van der Waals surface area contributed by atoms with Gasteiger partial charge in [0.15, 0.2) is 0 Å². The van der Waals surface area contributed by atoms with Crippen molar-refractivity contribution in [2.75, 3.05) is 79.2 Å². The lowest BCUT2D eigenvalue weighted by molar-refractivity contribution is -0.0141. The molecule has 172 valence electrons. The third-order valence-corrected chi connectivity index (χ3v) is 2.98. The van der Waals surface area contributed by atoms with Crippen LogP contribution in [0, 0.1) is 0 Å². The minimum atomic E-state index is -0.498. The summed E-state index contributed by atoms with van der Waals surface area (Å²) in [6, 6.07) is 0. The highest BCUT2D eigenvalue weighted by Gasteiger charge is 2.15.